The molecule has 1 N–H and O–H groups in total. The Hall–Kier alpha value is -1.67. The molecule has 0 atom stereocenters. The van der Waals surface area contributed by atoms with Crippen LogP contribution >= 0.6 is 0 Å². The minimum Gasteiger partial charge on any atom is -0.490 e. The van der Waals surface area contributed by atoms with Crippen LogP contribution in [-0.2, 0) is 26.0 Å². The van der Waals surface area contributed by atoms with Gasteiger partial charge in [-0.25, -0.2) is 17.5 Å². The number of nitrogens with one attached hydrogen (secondary N) is 1. The van der Waals surface area contributed by atoms with Gasteiger partial charge in [-0.15, -0.1) is 0 Å². The summed E-state index contributed by atoms with van der Waals surface area (Å²) in [5.41, 5.74) is 0.909. The third-order valence-corrected chi connectivity index (χ3v) is 5.46. The zero-order valence-electron chi connectivity index (χ0n) is 15.0. The molecule has 1 aromatic rings. The molecule has 1 aliphatic rings. The van der Waals surface area contributed by atoms with Crippen LogP contribution in [0.2, 0.25) is 0 Å². The zero-order valence-corrected chi connectivity index (χ0v) is 15.8. The Morgan fingerprint density at radius 3 is 2.77 bits per heavy atom. The minimum atomic E-state index is -3.39. The van der Waals surface area contributed by atoms with Crippen molar-refractivity contribution in [3.8, 4) is 5.75 Å². The van der Waals surface area contributed by atoms with E-state index in [2.05, 4.69) is 4.72 Å². The van der Waals surface area contributed by atoms with E-state index < -0.39 is 16.0 Å². The summed E-state index contributed by atoms with van der Waals surface area (Å²) in [4.78, 5) is 10.6. The van der Waals surface area contributed by atoms with Gasteiger partial charge in [-0.2, -0.15) is 0 Å². The Kier molecular flexibility index (Phi) is 7.84. The first-order valence-electron chi connectivity index (χ1n) is 8.87. The number of benzene rings is 1. The number of sulfonamides is 1. The topological polar surface area (TPSA) is 81.7 Å². The van der Waals surface area contributed by atoms with Crippen LogP contribution in [0.3, 0.4) is 0 Å². The van der Waals surface area contributed by atoms with Crippen LogP contribution in [0.15, 0.2) is 18.2 Å². The summed E-state index contributed by atoms with van der Waals surface area (Å²) in [5, 5.41) is 0. The predicted octanol–water partition coefficient (Wildman–Crippen LogP) is 2.42. The highest BCUT2D eigenvalue weighted by Crippen LogP contribution is 2.30. The van der Waals surface area contributed by atoms with Gasteiger partial charge < -0.3 is 9.47 Å². The first-order valence-corrected chi connectivity index (χ1v) is 10.5. The molecule has 1 saturated carbocycles. The Labute approximate surface area is 154 Å². The highest BCUT2D eigenvalue weighted by molar-refractivity contribution is 7.89. The van der Waals surface area contributed by atoms with E-state index in [0.717, 1.165) is 18.4 Å². The smallest absolute Gasteiger partial charge is 0.302 e. The van der Waals surface area contributed by atoms with Crippen molar-refractivity contribution < 1.29 is 27.1 Å². The molecule has 0 bridgehead atoms. The molecule has 26 heavy (non-hydrogen) atoms. The number of ether oxygens (including phenoxy) is 2. The summed E-state index contributed by atoms with van der Waals surface area (Å²) in [6, 6.07) is 4.76. The molecule has 0 unspecified atom stereocenters. The van der Waals surface area contributed by atoms with Crippen molar-refractivity contribution >= 4 is 16.0 Å². The first kappa shape index (κ1) is 20.6. The number of hydrogen-bond acceptors (Lipinski definition) is 5. The lowest BCUT2D eigenvalue weighted by Crippen LogP contribution is -2.28. The van der Waals surface area contributed by atoms with Gasteiger partial charge in [0.25, 0.3) is 0 Å². The van der Waals surface area contributed by atoms with Crippen molar-refractivity contribution in [2.75, 3.05) is 25.5 Å². The van der Waals surface area contributed by atoms with E-state index in [4.69, 9.17) is 9.47 Å². The van der Waals surface area contributed by atoms with Gasteiger partial charge in [-0.05, 0) is 55.7 Å². The molecule has 0 spiro atoms. The molecule has 0 aliphatic heterocycles. The molecule has 0 heterocycles. The van der Waals surface area contributed by atoms with Crippen LogP contribution in [0.25, 0.3) is 0 Å². The fourth-order valence-corrected chi connectivity index (χ4v) is 3.46. The molecular formula is C18H26FNO5S. The molecule has 1 aliphatic carbocycles. The third-order valence-electron chi connectivity index (χ3n) is 3.99. The number of carbonyl (C=O) groups excluding carboxylic acids is 1. The Morgan fingerprint density at radius 1 is 1.31 bits per heavy atom. The minimum absolute atomic E-state index is 0.0873. The van der Waals surface area contributed by atoms with Crippen molar-refractivity contribution in [1.82, 2.24) is 4.72 Å². The highest BCUT2D eigenvalue weighted by atomic mass is 32.2. The van der Waals surface area contributed by atoms with Crippen LogP contribution < -0.4 is 9.46 Å². The maximum atomic E-state index is 13.7. The van der Waals surface area contributed by atoms with Crippen LogP contribution in [0.1, 0.15) is 38.2 Å². The number of aryl methyl sites for hydroxylation is 1. The second kappa shape index (κ2) is 9.87. The van der Waals surface area contributed by atoms with Crippen LogP contribution in [0.5, 0.6) is 5.75 Å². The number of carbonyl (C=O) groups is 1. The van der Waals surface area contributed by atoms with Crippen LogP contribution in [0, 0.1) is 11.7 Å². The summed E-state index contributed by atoms with van der Waals surface area (Å²) in [6.07, 6.45) is 3.76. The van der Waals surface area contributed by atoms with Gasteiger partial charge in [0.1, 0.15) is 0 Å². The number of rotatable bonds is 12. The monoisotopic (exact) mass is 387 g/mol. The van der Waals surface area contributed by atoms with E-state index >= 15 is 0 Å². The van der Waals surface area contributed by atoms with E-state index in [9.17, 15) is 17.6 Å². The highest BCUT2D eigenvalue weighted by Gasteiger charge is 2.22. The van der Waals surface area contributed by atoms with Crippen LogP contribution in [0.4, 0.5) is 4.39 Å². The molecule has 2 rings (SSSR count). The van der Waals surface area contributed by atoms with Gasteiger partial charge in [0, 0.05) is 13.5 Å². The normalized spacial score (nSPS) is 14.2. The second-order valence-corrected chi connectivity index (χ2v) is 8.46. The molecule has 146 valence electrons. The molecule has 6 nitrogen and oxygen atoms in total. The average molecular weight is 387 g/mol. The van der Waals surface area contributed by atoms with Crippen molar-refractivity contribution in [3.05, 3.63) is 29.6 Å². The fourth-order valence-electron chi connectivity index (χ4n) is 2.36. The fraction of sp³-hybridized carbons (Fsp3) is 0.611. The summed E-state index contributed by atoms with van der Waals surface area (Å²) in [7, 11) is -3.39. The molecule has 0 radical (unpaired) electrons. The van der Waals surface area contributed by atoms with Gasteiger partial charge in [-0.1, -0.05) is 6.07 Å². The Balaban J connectivity index is 1.68. The Morgan fingerprint density at radius 2 is 2.08 bits per heavy atom. The van der Waals surface area contributed by atoms with Gasteiger partial charge in [0.15, 0.2) is 11.6 Å². The van der Waals surface area contributed by atoms with E-state index in [0.29, 0.717) is 31.9 Å². The lowest BCUT2D eigenvalue weighted by atomic mass is 10.1. The summed E-state index contributed by atoms with van der Waals surface area (Å²) >= 11 is 0. The summed E-state index contributed by atoms with van der Waals surface area (Å²) in [5.74, 6) is -0.0672. The predicted molar refractivity (Wildman–Crippen MR) is 96.0 cm³/mol. The van der Waals surface area contributed by atoms with E-state index in [-0.39, 0.29) is 30.3 Å². The average Bonchev–Trinajstić information content (AvgIpc) is 3.40. The van der Waals surface area contributed by atoms with Gasteiger partial charge in [-0.3, -0.25) is 4.79 Å². The van der Waals surface area contributed by atoms with Crippen molar-refractivity contribution in [3.63, 3.8) is 0 Å². The quantitative estimate of drug-likeness (QED) is 0.440. The second-order valence-electron chi connectivity index (χ2n) is 6.53. The standard InChI is InChI=1S/C18H26FNO5S/c1-14(21)24-10-3-11-26(22,23)20-9-2-4-15-7-8-17(19)18(12-15)25-13-16-5-6-16/h7-8,12,16,20H,2-6,9-11,13H2,1H3. The first-order chi connectivity index (χ1) is 12.4. The van der Waals surface area contributed by atoms with E-state index in [1.54, 1.807) is 12.1 Å². The third kappa shape index (κ3) is 8.14. The van der Waals surface area contributed by atoms with Crippen molar-refractivity contribution in [2.45, 2.75) is 39.0 Å². The van der Waals surface area contributed by atoms with Crippen molar-refractivity contribution in [2.24, 2.45) is 5.92 Å². The van der Waals surface area contributed by atoms with Gasteiger partial charge in [0.2, 0.25) is 10.0 Å². The lowest BCUT2D eigenvalue weighted by Gasteiger charge is -2.10. The van der Waals surface area contributed by atoms with E-state index in [1.807, 2.05) is 0 Å². The van der Waals surface area contributed by atoms with Crippen molar-refractivity contribution in [1.29, 1.82) is 0 Å². The summed E-state index contributed by atoms with van der Waals surface area (Å²) < 4.78 is 50.1. The molecular weight excluding hydrogens is 361 g/mol. The maximum absolute atomic E-state index is 13.7. The molecule has 8 heteroatoms. The molecule has 0 saturated heterocycles. The molecule has 1 fully saturated rings. The van der Waals surface area contributed by atoms with E-state index in [1.165, 1.54) is 13.0 Å². The van der Waals surface area contributed by atoms with Gasteiger partial charge >= 0.3 is 5.97 Å². The number of halogens is 1. The number of esters is 1. The maximum Gasteiger partial charge on any atom is 0.302 e. The summed E-state index contributed by atoms with van der Waals surface area (Å²) in [6.45, 7) is 2.22. The van der Waals surface area contributed by atoms with Gasteiger partial charge in [0.05, 0.1) is 19.0 Å². The number of hydrogen-bond donors (Lipinski definition) is 1. The van der Waals surface area contributed by atoms with Crippen LogP contribution in [-0.4, -0.2) is 39.9 Å². The Bertz CT molecular complexity index is 704. The largest absolute Gasteiger partial charge is 0.490 e. The molecule has 0 aromatic heterocycles. The lowest BCUT2D eigenvalue weighted by molar-refractivity contribution is -0.140. The zero-order chi connectivity index (χ0) is 19.0. The SMILES string of the molecule is CC(=O)OCCCS(=O)(=O)NCCCc1ccc(F)c(OCC2CC2)c1. The molecule has 0 amide bonds. The molecule has 1 aromatic carbocycles.